The fourth-order valence-corrected chi connectivity index (χ4v) is 4.07. The highest BCUT2D eigenvalue weighted by Gasteiger charge is 2.48. The van der Waals surface area contributed by atoms with E-state index < -0.39 is 0 Å². The van der Waals surface area contributed by atoms with E-state index in [4.69, 9.17) is 4.74 Å². The van der Waals surface area contributed by atoms with Crippen LogP contribution in [0.25, 0.3) is 0 Å². The third-order valence-corrected chi connectivity index (χ3v) is 5.60. The molecule has 29 heavy (non-hydrogen) atoms. The average molecular weight is 389 g/mol. The predicted octanol–water partition coefficient (Wildman–Crippen LogP) is 5.56. The number of anilines is 1. The Morgan fingerprint density at radius 3 is 2.28 bits per heavy atom. The highest BCUT2D eigenvalue weighted by atomic mass is 19.1. The van der Waals surface area contributed by atoms with Crippen LogP contribution in [0.4, 0.5) is 10.1 Å². The van der Waals surface area contributed by atoms with Gasteiger partial charge in [0.25, 0.3) is 0 Å². The molecule has 1 aliphatic heterocycles. The van der Waals surface area contributed by atoms with Gasteiger partial charge in [-0.25, -0.2) is 4.39 Å². The lowest BCUT2D eigenvalue weighted by Crippen LogP contribution is -2.55. The summed E-state index contributed by atoms with van der Waals surface area (Å²) in [5.41, 5.74) is 3.08. The van der Waals surface area contributed by atoms with Crippen LogP contribution in [0, 0.1) is 11.7 Å². The minimum Gasteiger partial charge on any atom is -0.497 e. The highest BCUT2D eigenvalue weighted by Crippen LogP contribution is 2.45. The number of nitrogens with zero attached hydrogens (tertiary/aromatic N) is 1. The zero-order chi connectivity index (χ0) is 20.2. The first-order valence-electron chi connectivity index (χ1n) is 9.94. The molecule has 2 atom stereocenters. The standard InChI is InChI=1S/C25H24FNO2/c1-29-22-16-14-21(15-17-22)27-24(19-10-12-20(26)13-11-19)23(25(27)28)9-5-8-18-6-3-2-4-7-18/h2-4,6-7,10-17,23-24H,5,8-9H2,1H3/t23-,24-/m1/s1. The second-order valence-electron chi connectivity index (χ2n) is 7.39. The Labute approximate surface area is 170 Å². The molecule has 0 bridgehead atoms. The molecule has 0 N–H and O–H groups in total. The van der Waals surface area contributed by atoms with E-state index in [2.05, 4.69) is 12.1 Å². The molecule has 1 saturated heterocycles. The van der Waals surface area contributed by atoms with Crippen LogP contribution in [0.1, 0.15) is 30.0 Å². The molecular weight excluding hydrogens is 365 g/mol. The van der Waals surface area contributed by atoms with Crippen LogP contribution in [0.5, 0.6) is 5.75 Å². The van der Waals surface area contributed by atoms with Gasteiger partial charge in [0.2, 0.25) is 5.91 Å². The van der Waals surface area contributed by atoms with E-state index in [1.807, 2.05) is 47.4 Å². The molecule has 0 aromatic heterocycles. The van der Waals surface area contributed by atoms with Crippen molar-refractivity contribution in [1.82, 2.24) is 0 Å². The molecule has 4 heteroatoms. The summed E-state index contributed by atoms with van der Waals surface area (Å²) in [6.07, 6.45) is 2.69. The van der Waals surface area contributed by atoms with Gasteiger partial charge in [-0.2, -0.15) is 0 Å². The van der Waals surface area contributed by atoms with E-state index in [9.17, 15) is 9.18 Å². The van der Waals surface area contributed by atoms with Crippen molar-refractivity contribution >= 4 is 11.6 Å². The van der Waals surface area contributed by atoms with E-state index in [-0.39, 0.29) is 23.7 Å². The first-order chi connectivity index (χ1) is 14.2. The number of carbonyl (C=O) groups is 1. The summed E-state index contributed by atoms with van der Waals surface area (Å²) in [6, 6.07) is 24.2. The molecule has 0 unspecified atom stereocenters. The van der Waals surface area contributed by atoms with Crippen molar-refractivity contribution in [1.29, 1.82) is 0 Å². The van der Waals surface area contributed by atoms with Crippen molar-refractivity contribution in [3.8, 4) is 5.75 Å². The zero-order valence-corrected chi connectivity index (χ0v) is 16.4. The molecule has 1 fully saturated rings. The van der Waals surface area contributed by atoms with Crippen molar-refractivity contribution in [2.24, 2.45) is 5.92 Å². The average Bonchev–Trinajstić information content (AvgIpc) is 2.77. The first kappa shape index (κ1) is 19.2. The minimum atomic E-state index is -0.268. The van der Waals surface area contributed by atoms with Crippen LogP contribution in [-0.2, 0) is 11.2 Å². The fourth-order valence-electron chi connectivity index (χ4n) is 4.07. The van der Waals surface area contributed by atoms with E-state index in [0.29, 0.717) is 0 Å². The fraction of sp³-hybridized carbons (Fsp3) is 0.240. The van der Waals surface area contributed by atoms with E-state index in [1.54, 1.807) is 19.2 Å². The number of hydrogen-bond donors (Lipinski definition) is 0. The number of amides is 1. The summed E-state index contributed by atoms with van der Waals surface area (Å²) < 4.78 is 18.7. The Kier molecular flexibility index (Phi) is 5.61. The summed E-state index contributed by atoms with van der Waals surface area (Å²) in [5.74, 6) is 0.513. The molecule has 3 aromatic rings. The number of halogens is 1. The van der Waals surface area contributed by atoms with Gasteiger partial charge in [-0.3, -0.25) is 4.79 Å². The van der Waals surface area contributed by atoms with Crippen molar-refractivity contribution in [2.45, 2.75) is 25.3 Å². The minimum absolute atomic E-state index is 0.0766. The quantitative estimate of drug-likeness (QED) is 0.495. The summed E-state index contributed by atoms with van der Waals surface area (Å²) in [7, 11) is 1.62. The summed E-state index contributed by atoms with van der Waals surface area (Å²) in [6.45, 7) is 0. The lowest BCUT2D eigenvalue weighted by Gasteiger charge is -2.47. The number of carbonyl (C=O) groups excluding carboxylic acids is 1. The molecule has 0 spiro atoms. The van der Waals surface area contributed by atoms with Crippen molar-refractivity contribution in [2.75, 3.05) is 12.0 Å². The van der Waals surface area contributed by atoms with Crippen LogP contribution in [-0.4, -0.2) is 13.0 Å². The van der Waals surface area contributed by atoms with Gasteiger partial charge in [-0.1, -0.05) is 42.5 Å². The van der Waals surface area contributed by atoms with Gasteiger partial charge in [0, 0.05) is 5.69 Å². The van der Waals surface area contributed by atoms with E-state index in [0.717, 1.165) is 36.3 Å². The SMILES string of the molecule is COc1ccc(N2C(=O)[C@H](CCCc3ccccc3)[C@H]2c2ccc(F)cc2)cc1. The van der Waals surface area contributed by atoms with Gasteiger partial charge < -0.3 is 9.64 Å². The van der Waals surface area contributed by atoms with Crippen LogP contribution in [0.3, 0.4) is 0 Å². The number of aryl methyl sites for hydroxylation is 1. The number of β-lactam (4-membered cyclic amide) rings is 1. The Balaban J connectivity index is 1.53. The molecule has 1 amide bonds. The van der Waals surface area contributed by atoms with E-state index >= 15 is 0 Å². The molecule has 1 aliphatic rings. The third kappa shape index (κ3) is 4.02. The van der Waals surface area contributed by atoms with Gasteiger partial charge in [-0.15, -0.1) is 0 Å². The predicted molar refractivity (Wildman–Crippen MR) is 112 cm³/mol. The molecule has 0 saturated carbocycles. The number of benzene rings is 3. The third-order valence-electron chi connectivity index (χ3n) is 5.60. The summed E-state index contributed by atoms with van der Waals surface area (Å²) in [5, 5.41) is 0. The van der Waals surface area contributed by atoms with Gasteiger partial charge in [0.05, 0.1) is 19.1 Å². The largest absolute Gasteiger partial charge is 0.497 e. The Hall–Kier alpha value is -3.14. The van der Waals surface area contributed by atoms with Gasteiger partial charge in [-0.05, 0) is 66.8 Å². The van der Waals surface area contributed by atoms with Crippen molar-refractivity contribution < 1.29 is 13.9 Å². The molecule has 4 rings (SSSR count). The molecule has 1 heterocycles. The van der Waals surface area contributed by atoms with Crippen LogP contribution in [0.2, 0.25) is 0 Å². The summed E-state index contributed by atoms with van der Waals surface area (Å²) >= 11 is 0. The second kappa shape index (κ2) is 8.48. The summed E-state index contributed by atoms with van der Waals surface area (Å²) in [4.78, 5) is 14.8. The molecule has 3 nitrogen and oxygen atoms in total. The smallest absolute Gasteiger partial charge is 0.233 e. The molecule has 0 radical (unpaired) electrons. The van der Waals surface area contributed by atoms with Gasteiger partial charge in [0.1, 0.15) is 11.6 Å². The van der Waals surface area contributed by atoms with Crippen LogP contribution in [0.15, 0.2) is 78.9 Å². The number of methoxy groups -OCH3 is 1. The van der Waals surface area contributed by atoms with Gasteiger partial charge >= 0.3 is 0 Å². The maximum atomic E-state index is 13.4. The van der Waals surface area contributed by atoms with Crippen molar-refractivity contribution in [3.63, 3.8) is 0 Å². The topological polar surface area (TPSA) is 29.5 Å². The highest BCUT2D eigenvalue weighted by molar-refractivity contribution is 6.03. The zero-order valence-electron chi connectivity index (χ0n) is 16.4. The first-order valence-corrected chi connectivity index (χ1v) is 9.94. The van der Waals surface area contributed by atoms with Gasteiger partial charge in [0.15, 0.2) is 0 Å². The number of hydrogen-bond acceptors (Lipinski definition) is 2. The maximum absolute atomic E-state index is 13.4. The normalized spacial score (nSPS) is 18.4. The lowest BCUT2D eigenvalue weighted by atomic mass is 9.78. The number of rotatable bonds is 7. The Morgan fingerprint density at radius 1 is 0.931 bits per heavy atom. The molecule has 0 aliphatic carbocycles. The van der Waals surface area contributed by atoms with Crippen molar-refractivity contribution in [3.05, 3.63) is 95.8 Å². The van der Waals surface area contributed by atoms with Crippen LogP contribution >= 0.6 is 0 Å². The molecule has 148 valence electrons. The maximum Gasteiger partial charge on any atom is 0.233 e. The van der Waals surface area contributed by atoms with Crippen LogP contribution < -0.4 is 9.64 Å². The Bertz CT molecular complexity index is 954. The monoisotopic (exact) mass is 389 g/mol. The Morgan fingerprint density at radius 2 is 1.62 bits per heavy atom. The second-order valence-corrected chi connectivity index (χ2v) is 7.39. The lowest BCUT2D eigenvalue weighted by molar-refractivity contribution is -0.130. The number of ether oxygens (including phenoxy) is 1. The van der Waals surface area contributed by atoms with E-state index in [1.165, 1.54) is 17.7 Å². The molecule has 3 aromatic carbocycles. The molecular formula is C25H24FNO2.